The summed E-state index contributed by atoms with van der Waals surface area (Å²) in [7, 11) is 0. The van der Waals surface area contributed by atoms with E-state index in [4.69, 9.17) is 9.47 Å². The lowest BCUT2D eigenvalue weighted by atomic mass is 9.98. The topological polar surface area (TPSA) is 111 Å². The molecule has 3 aromatic carbocycles. The normalized spacial score (nSPS) is 12.8. The third-order valence-corrected chi connectivity index (χ3v) is 6.02. The maximum atomic E-state index is 12.6. The van der Waals surface area contributed by atoms with Crippen molar-refractivity contribution in [2.45, 2.75) is 18.4 Å². The lowest BCUT2D eigenvalue weighted by molar-refractivity contribution is -0.139. The van der Waals surface area contributed by atoms with Gasteiger partial charge in [0.05, 0.1) is 0 Å². The van der Waals surface area contributed by atoms with Crippen LogP contribution in [0.3, 0.4) is 0 Å². The fraction of sp³-hybridized carbons (Fsp3) is 0.143. The molecule has 1 amide bonds. The number of alkyl carbamates (subject to hydrolysis) is 1. The van der Waals surface area contributed by atoms with Gasteiger partial charge in [-0.15, -0.1) is 0 Å². The highest BCUT2D eigenvalue weighted by Crippen LogP contribution is 2.44. The Morgan fingerprint density at radius 1 is 0.889 bits per heavy atom. The molecule has 4 aromatic rings. The van der Waals surface area contributed by atoms with Crippen LogP contribution in [0.4, 0.5) is 4.79 Å². The van der Waals surface area contributed by atoms with E-state index in [1.54, 1.807) is 42.7 Å². The molecule has 0 saturated heterocycles. The number of aliphatic carboxylic acids is 1. The third-order valence-electron chi connectivity index (χ3n) is 6.02. The lowest BCUT2D eigenvalue weighted by Crippen LogP contribution is -2.42. The molecule has 0 fully saturated rings. The maximum Gasteiger partial charge on any atom is 0.407 e. The quantitative estimate of drug-likeness (QED) is 0.372. The van der Waals surface area contributed by atoms with Crippen LogP contribution in [0.5, 0.6) is 11.8 Å². The van der Waals surface area contributed by atoms with E-state index in [2.05, 4.69) is 27.4 Å². The summed E-state index contributed by atoms with van der Waals surface area (Å²) in [5, 5.41) is 12.2. The van der Waals surface area contributed by atoms with Gasteiger partial charge in [-0.25, -0.2) is 19.6 Å². The van der Waals surface area contributed by atoms with Crippen molar-refractivity contribution >= 4 is 12.1 Å². The minimum atomic E-state index is -1.18. The van der Waals surface area contributed by atoms with Crippen molar-refractivity contribution < 1.29 is 24.2 Å². The minimum absolute atomic E-state index is 0.0480. The van der Waals surface area contributed by atoms with Crippen LogP contribution in [-0.2, 0) is 16.0 Å². The molecular weight excluding hydrogens is 458 g/mol. The van der Waals surface area contributed by atoms with Crippen LogP contribution in [0, 0.1) is 0 Å². The second-order valence-corrected chi connectivity index (χ2v) is 8.35. The van der Waals surface area contributed by atoms with Crippen molar-refractivity contribution in [3.05, 3.63) is 108 Å². The summed E-state index contributed by atoms with van der Waals surface area (Å²) in [4.78, 5) is 32.5. The first-order chi connectivity index (χ1) is 17.6. The summed E-state index contributed by atoms with van der Waals surface area (Å²) >= 11 is 0. The molecule has 1 atom stereocenters. The van der Waals surface area contributed by atoms with Gasteiger partial charge in [0, 0.05) is 24.7 Å². The van der Waals surface area contributed by atoms with Gasteiger partial charge in [-0.05, 0) is 46.0 Å². The Morgan fingerprint density at radius 3 is 2.22 bits per heavy atom. The molecule has 0 saturated carbocycles. The van der Waals surface area contributed by atoms with E-state index in [-0.39, 0.29) is 25.0 Å². The average molecular weight is 482 g/mol. The molecule has 180 valence electrons. The minimum Gasteiger partial charge on any atom is -0.480 e. The van der Waals surface area contributed by atoms with Crippen LogP contribution in [0.1, 0.15) is 22.6 Å². The van der Waals surface area contributed by atoms with E-state index in [1.165, 1.54) is 0 Å². The zero-order valence-corrected chi connectivity index (χ0v) is 19.2. The molecule has 1 aromatic heterocycles. The van der Waals surface area contributed by atoms with Crippen molar-refractivity contribution in [2.75, 3.05) is 6.61 Å². The van der Waals surface area contributed by atoms with Crippen LogP contribution in [-0.4, -0.2) is 39.8 Å². The number of nitrogens with zero attached hydrogens (tertiary/aromatic N) is 2. The number of benzene rings is 3. The summed E-state index contributed by atoms with van der Waals surface area (Å²) in [6.07, 6.45) is 2.39. The molecule has 0 radical (unpaired) electrons. The fourth-order valence-corrected chi connectivity index (χ4v) is 4.40. The van der Waals surface area contributed by atoms with Crippen molar-refractivity contribution in [3.8, 4) is 22.9 Å². The van der Waals surface area contributed by atoms with Gasteiger partial charge in [-0.2, -0.15) is 0 Å². The van der Waals surface area contributed by atoms with Gasteiger partial charge < -0.3 is 19.9 Å². The molecule has 5 rings (SSSR count). The van der Waals surface area contributed by atoms with Gasteiger partial charge in [-0.3, -0.25) is 0 Å². The molecule has 0 spiro atoms. The van der Waals surface area contributed by atoms with E-state index in [9.17, 15) is 14.7 Å². The first-order valence-corrected chi connectivity index (χ1v) is 11.5. The van der Waals surface area contributed by atoms with Crippen molar-refractivity contribution in [1.29, 1.82) is 0 Å². The molecule has 36 heavy (non-hydrogen) atoms. The van der Waals surface area contributed by atoms with E-state index < -0.39 is 18.1 Å². The predicted molar refractivity (Wildman–Crippen MR) is 132 cm³/mol. The van der Waals surface area contributed by atoms with Gasteiger partial charge in [0.15, 0.2) is 0 Å². The largest absolute Gasteiger partial charge is 0.480 e. The molecule has 0 bridgehead atoms. The number of ether oxygens (including phenoxy) is 2. The standard InChI is InChI=1S/C28H23N3O5/c32-26(33)25(16-18-7-5-8-19(15-18)36-27-29-13-6-14-30-27)31-28(34)35-17-24-22-11-3-1-9-20(22)21-10-2-4-12-23(21)24/h1-15,24-25H,16-17H2,(H,31,34)(H,32,33). The molecule has 0 aliphatic heterocycles. The van der Waals surface area contributed by atoms with Gasteiger partial charge in [-0.1, -0.05) is 60.7 Å². The molecule has 2 N–H and O–H groups in total. The number of nitrogens with one attached hydrogen (secondary N) is 1. The molecular formula is C28H23N3O5. The Balaban J connectivity index is 1.23. The number of carboxylic acids is 1. The number of aromatic nitrogens is 2. The number of carbonyl (C=O) groups is 2. The SMILES string of the molecule is O=C(NC(Cc1cccc(Oc2ncccn2)c1)C(=O)O)OCC1c2ccccc2-c2ccccc21. The molecule has 1 unspecified atom stereocenters. The van der Waals surface area contributed by atoms with Gasteiger partial charge in [0.1, 0.15) is 18.4 Å². The Bertz CT molecular complexity index is 1350. The summed E-state index contributed by atoms with van der Waals surface area (Å²) in [5.74, 6) is -0.814. The zero-order chi connectivity index (χ0) is 24.9. The van der Waals surface area contributed by atoms with Gasteiger partial charge in [0.25, 0.3) is 0 Å². The predicted octanol–water partition coefficient (Wildman–Crippen LogP) is 4.80. The van der Waals surface area contributed by atoms with E-state index in [0.29, 0.717) is 11.3 Å². The Labute approximate surface area is 207 Å². The lowest BCUT2D eigenvalue weighted by Gasteiger charge is -2.18. The highest BCUT2D eigenvalue weighted by molar-refractivity contribution is 5.81. The number of amides is 1. The second-order valence-electron chi connectivity index (χ2n) is 8.35. The summed E-state index contributed by atoms with van der Waals surface area (Å²) < 4.78 is 11.1. The molecule has 1 aliphatic carbocycles. The van der Waals surface area contributed by atoms with Crippen molar-refractivity contribution in [1.82, 2.24) is 15.3 Å². The number of carbonyl (C=O) groups excluding carboxylic acids is 1. The first-order valence-electron chi connectivity index (χ1n) is 11.5. The molecule has 1 heterocycles. The van der Waals surface area contributed by atoms with Crippen LogP contribution in [0.25, 0.3) is 11.1 Å². The van der Waals surface area contributed by atoms with Gasteiger partial charge >= 0.3 is 18.1 Å². The monoisotopic (exact) mass is 481 g/mol. The fourth-order valence-electron chi connectivity index (χ4n) is 4.40. The Morgan fingerprint density at radius 2 is 1.56 bits per heavy atom. The third kappa shape index (κ3) is 5.02. The van der Waals surface area contributed by atoms with Crippen LogP contribution in [0.2, 0.25) is 0 Å². The Hall–Kier alpha value is -4.72. The summed E-state index contributed by atoms with van der Waals surface area (Å²) in [5.41, 5.74) is 5.07. The summed E-state index contributed by atoms with van der Waals surface area (Å²) in [6.45, 7) is 0.104. The second kappa shape index (κ2) is 10.3. The van der Waals surface area contributed by atoms with Crippen LogP contribution < -0.4 is 10.1 Å². The van der Waals surface area contributed by atoms with Gasteiger partial charge in [0.2, 0.25) is 0 Å². The number of fused-ring (bicyclic) bond motifs is 3. The Kier molecular flexibility index (Phi) is 6.57. The maximum absolute atomic E-state index is 12.6. The van der Waals surface area contributed by atoms with Crippen LogP contribution in [0.15, 0.2) is 91.3 Å². The van der Waals surface area contributed by atoms with Crippen LogP contribution >= 0.6 is 0 Å². The smallest absolute Gasteiger partial charge is 0.407 e. The zero-order valence-electron chi connectivity index (χ0n) is 19.2. The molecule has 8 heteroatoms. The van der Waals surface area contributed by atoms with E-state index in [1.807, 2.05) is 36.4 Å². The number of carboxylic acid groups (broad SMARTS) is 1. The molecule has 1 aliphatic rings. The van der Waals surface area contributed by atoms with E-state index >= 15 is 0 Å². The summed E-state index contributed by atoms with van der Waals surface area (Å²) in [6, 6.07) is 23.6. The highest BCUT2D eigenvalue weighted by atomic mass is 16.5. The number of rotatable bonds is 8. The van der Waals surface area contributed by atoms with E-state index in [0.717, 1.165) is 22.3 Å². The van der Waals surface area contributed by atoms with Crippen molar-refractivity contribution in [2.24, 2.45) is 0 Å². The first kappa shape index (κ1) is 23.0. The highest BCUT2D eigenvalue weighted by Gasteiger charge is 2.29. The average Bonchev–Trinajstić information content (AvgIpc) is 3.21. The molecule has 8 nitrogen and oxygen atoms in total. The number of hydrogen-bond acceptors (Lipinski definition) is 6. The number of hydrogen-bond donors (Lipinski definition) is 2. The van der Waals surface area contributed by atoms with Crippen molar-refractivity contribution in [3.63, 3.8) is 0 Å².